The number of rotatable bonds is 4. The van der Waals surface area contributed by atoms with Crippen LogP contribution >= 0.6 is 0 Å². The van der Waals surface area contributed by atoms with E-state index in [1.54, 1.807) is 49.2 Å². The summed E-state index contributed by atoms with van der Waals surface area (Å²) in [7, 11) is 0. The Morgan fingerprint density at radius 2 is 2.19 bits per heavy atom. The van der Waals surface area contributed by atoms with Crippen molar-refractivity contribution in [1.82, 2.24) is 24.7 Å². The third-order valence-corrected chi connectivity index (χ3v) is 4.02. The van der Waals surface area contributed by atoms with Gasteiger partial charge in [0.1, 0.15) is 5.82 Å². The number of nitrogens with zero attached hydrogens (tertiary/aromatic N) is 4. The number of H-pyrrole nitrogens is 1. The summed E-state index contributed by atoms with van der Waals surface area (Å²) in [6, 6.07) is 12.9. The number of hydrogen-bond acceptors (Lipinski definition) is 4. The maximum Gasteiger partial charge on any atom is 0.251 e. The second-order valence-corrected chi connectivity index (χ2v) is 5.76. The maximum absolute atomic E-state index is 12.3. The minimum Gasteiger partial charge on any atom is -0.345 e. The highest BCUT2D eigenvalue weighted by atomic mass is 16.1. The lowest BCUT2D eigenvalue weighted by atomic mass is 10.1. The standard InChI is InChI=1S/C19H14N6O/c20-8-13-2-1-3-14(6-13)17-10-22-18(24-17)11-23-19(26)15-4-5-25-12-21-9-16(25)7-15/h1-7,9-10,12H,11H2,(H,22,24)(H,23,26). The fourth-order valence-corrected chi connectivity index (χ4v) is 2.68. The van der Waals surface area contributed by atoms with Crippen molar-refractivity contribution in [3.8, 4) is 17.3 Å². The van der Waals surface area contributed by atoms with Crippen molar-refractivity contribution in [2.45, 2.75) is 6.54 Å². The molecular formula is C19H14N6O. The molecule has 4 rings (SSSR count). The quantitative estimate of drug-likeness (QED) is 0.595. The summed E-state index contributed by atoms with van der Waals surface area (Å²) in [5, 5.41) is 11.8. The van der Waals surface area contributed by atoms with Gasteiger partial charge in [-0.3, -0.25) is 4.79 Å². The van der Waals surface area contributed by atoms with Crippen LogP contribution in [0.1, 0.15) is 21.7 Å². The second-order valence-electron chi connectivity index (χ2n) is 5.76. The van der Waals surface area contributed by atoms with Gasteiger partial charge in [0.25, 0.3) is 5.91 Å². The number of aromatic nitrogens is 4. The van der Waals surface area contributed by atoms with Crippen LogP contribution in [0.25, 0.3) is 16.8 Å². The summed E-state index contributed by atoms with van der Waals surface area (Å²) in [5.74, 6) is 0.458. The molecule has 7 heteroatoms. The van der Waals surface area contributed by atoms with Crippen LogP contribution in [-0.4, -0.2) is 25.3 Å². The zero-order valence-electron chi connectivity index (χ0n) is 13.7. The fourth-order valence-electron chi connectivity index (χ4n) is 2.68. The Balaban J connectivity index is 1.45. The van der Waals surface area contributed by atoms with E-state index >= 15 is 0 Å². The lowest BCUT2D eigenvalue weighted by Gasteiger charge is -2.04. The van der Waals surface area contributed by atoms with E-state index in [1.165, 1.54) is 0 Å². The minimum absolute atomic E-state index is 0.182. The number of aromatic amines is 1. The predicted molar refractivity (Wildman–Crippen MR) is 95.1 cm³/mol. The van der Waals surface area contributed by atoms with Crippen molar-refractivity contribution < 1.29 is 4.79 Å². The van der Waals surface area contributed by atoms with Gasteiger partial charge in [-0.15, -0.1) is 0 Å². The van der Waals surface area contributed by atoms with Crippen LogP contribution in [0.5, 0.6) is 0 Å². The Bertz CT molecular complexity index is 1130. The number of pyridine rings is 1. The molecule has 0 aliphatic heterocycles. The molecule has 4 aromatic rings. The minimum atomic E-state index is -0.182. The molecule has 1 aromatic carbocycles. The van der Waals surface area contributed by atoms with Gasteiger partial charge in [-0.05, 0) is 24.3 Å². The molecular weight excluding hydrogens is 328 g/mol. The number of hydrogen-bond donors (Lipinski definition) is 2. The molecule has 0 radical (unpaired) electrons. The highest BCUT2D eigenvalue weighted by Crippen LogP contribution is 2.18. The van der Waals surface area contributed by atoms with Gasteiger partial charge in [0.2, 0.25) is 0 Å². The first-order valence-corrected chi connectivity index (χ1v) is 7.97. The maximum atomic E-state index is 12.3. The van der Waals surface area contributed by atoms with E-state index in [1.807, 2.05) is 16.5 Å². The average molecular weight is 342 g/mol. The number of benzene rings is 1. The molecule has 0 unspecified atom stereocenters. The van der Waals surface area contributed by atoms with Crippen LogP contribution in [-0.2, 0) is 6.54 Å². The number of nitrogens with one attached hydrogen (secondary N) is 2. The Morgan fingerprint density at radius 3 is 3.08 bits per heavy atom. The molecule has 0 aliphatic rings. The third kappa shape index (κ3) is 3.03. The van der Waals surface area contributed by atoms with E-state index < -0.39 is 0 Å². The molecule has 0 aliphatic carbocycles. The van der Waals surface area contributed by atoms with Crippen LogP contribution < -0.4 is 5.32 Å². The number of carbonyl (C=O) groups excluding carboxylic acids is 1. The molecule has 0 fully saturated rings. The van der Waals surface area contributed by atoms with Crippen LogP contribution in [0.3, 0.4) is 0 Å². The number of carbonyl (C=O) groups is 1. The average Bonchev–Trinajstić information content (AvgIpc) is 3.34. The molecule has 3 aromatic heterocycles. The van der Waals surface area contributed by atoms with Gasteiger partial charge in [-0.25, -0.2) is 9.97 Å². The van der Waals surface area contributed by atoms with Crippen molar-refractivity contribution in [2.24, 2.45) is 0 Å². The molecule has 0 saturated heterocycles. The van der Waals surface area contributed by atoms with Crippen LogP contribution in [0.15, 0.2) is 61.3 Å². The van der Waals surface area contributed by atoms with Crippen LogP contribution in [0.4, 0.5) is 0 Å². The molecule has 26 heavy (non-hydrogen) atoms. The Kier molecular flexibility index (Phi) is 3.92. The van der Waals surface area contributed by atoms with E-state index in [4.69, 9.17) is 5.26 Å². The number of nitriles is 1. The SMILES string of the molecule is N#Cc1cccc(-c2cnc(CNC(=O)c3ccn4cncc4c3)[nH]2)c1. The molecule has 0 spiro atoms. The van der Waals surface area contributed by atoms with E-state index in [0.29, 0.717) is 17.0 Å². The largest absolute Gasteiger partial charge is 0.345 e. The molecule has 0 bridgehead atoms. The predicted octanol–water partition coefficient (Wildman–Crippen LogP) is 2.53. The lowest BCUT2D eigenvalue weighted by molar-refractivity contribution is 0.0950. The summed E-state index contributed by atoms with van der Waals surface area (Å²) in [4.78, 5) is 23.8. The van der Waals surface area contributed by atoms with Crippen LogP contribution in [0, 0.1) is 11.3 Å². The van der Waals surface area contributed by atoms with E-state index in [-0.39, 0.29) is 12.5 Å². The molecule has 126 valence electrons. The second kappa shape index (κ2) is 6.53. The molecule has 0 atom stereocenters. The van der Waals surface area contributed by atoms with E-state index in [2.05, 4.69) is 26.3 Å². The summed E-state index contributed by atoms with van der Waals surface area (Å²) in [6.45, 7) is 0.279. The Labute approximate surface area is 149 Å². The summed E-state index contributed by atoms with van der Waals surface area (Å²) in [6.07, 6.45) is 6.87. The Hall–Kier alpha value is -3.92. The molecule has 3 heterocycles. The first kappa shape index (κ1) is 15.6. The molecule has 0 saturated carbocycles. The topological polar surface area (TPSA) is 98.9 Å². The van der Waals surface area contributed by atoms with Crippen molar-refractivity contribution in [1.29, 1.82) is 5.26 Å². The highest BCUT2D eigenvalue weighted by Gasteiger charge is 2.09. The van der Waals surface area contributed by atoms with Crippen molar-refractivity contribution >= 4 is 11.4 Å². The van der Waals surface area contributed by atoms with Crippen molar-refractivity contribution in [3.05, 3.63) is 78.3 Å². The third-order valence-electron chi connectivity index (χ3n) is 4.02. The number of fused-ring (bicyclic) bond motifs is 1. The van der Waals surface area contributed by atoms with Crippen molar-refractivity contribution in [3.63, 3.8) is 0 Å². The van der Waals surface area contributed by atoms with Crippen molar-refractivity contribution in [2.75, 3.05) is 0 Å². The van der Waals surface area contributed by atoms with Gasteiger partial charge >= 0.3 is 0 Å². The monoisotopic (exact) mass is 342 g/mol. The zero-order chi connectivity index (χ0) is 17.9. The number of imidazole rings is 2. The van der Waals surface area contributed by atoms with E-state index in [9.17, 15) is 4.79 Å². The van der Waals surface area contributed by atoms with Crippen LogP contribution in [0.2, 0.25) is 0 Å². The van der Waals surface area contributed by atoms with Gasteiger partial charge in [-0.2, -0.15) is 5.26 Å². The summed E-state index contributed by atoms with van der Waals surface area (Å²) < 4.78 is 1.84. The van der Waals surface area contributed by atoms with Gasteiger partial charge < -0.3 is 14.7 Å². The zero-order valence-corrected chi connectivity index (χ0v) is 13.7. The van der Waals surface area contributed by atoms with Gasteiger partial charge in [0.15, 0.2) is 0 Å². The first-order chi connectivity index (χ1) is 12.7. The smallest absolute Gasteiger partial charge is 0.251 e. The Morgan fingerprint density at radius 1 is 1.27 bits per heavy atom. The molecule has 7 nitrogen and oxygen atoms in total. The normalized spacial score (nSPS) is 10.6. The highest BCUT2D eigenvalue weighted by molar-refractivity contribution is 5.95. The lowest BCUT2D eigenvalue weighted by Crippen LogP contribution is -2.23. The van der Waals surface area contributed by atoms with Gasteiger partial charge in [0.05, 0.1) is 48.1 Å². The number of amides is 1. The molecule has 2 N–H and O–H groups in total. The van der Waals surface area contributed by atoms with E-state index in [0.717, 1.165) is 16.8 Å². The van der Waals surface area contributed by atoms with Gasteiger partial charge in [0, 0.05) is 17.3 Å². The summed E-state index contributed by atoms with van der Waals surface area (Å²) >= 11 is 0. The first-order valence-electron chi connectivity index (χ1n) is 7.97. The molecule has 1 amide bonds. The van der Waals surface area contributed by atoms with Gasteiger partial charge in [-0.1, -0.05) is 12.1 Å². The fraction of sp³-hybridized carbons (Fsp3) is 0.0526. The summed E-state index contributed by atoms with van der Waals surface area (Å²) in [5.41, 5.74) is 3.68.